The zero-order valence-corrected chi connectivity index (χ0v) is 16.8. The second-order valence-corrected chi connectivity index (χ2v) is 8.96. The number of benzene rings is 2. The molecule has 1 aliphatic rings. The van der Waals surface area contributed by atoms with Gasteiger partial charge >= 0.3 is 0 Å². The van der Waals surface area contributed by atoms with Crippen LogP contribution < -0.4 is 0 Å². The highest BCUT2D eigenvalue weighted by atomic mass is 32.1. The molecule has 0 unspecified atom stereocenters. The van der Waals surface area contributed by atoms with E-state index in [2.05, 4.69) is 94.2 Å². The van der Waals surface area contributed by atoms with Gasteiger partial charge in [-0.25, -0.2) is 0 Å². The smallest absolute Gasteiger partial charge is 0.0635 e. The average Bonchev–Trinajstić information content (AvgIpc) is 3.52. The molecule has 0 saturated carbocycles. The van der Waals surface area contributed by atoms with Crippen LogP contribution in [0.15, 0.2) is 89.6 Å². The maximum absolute atomic E-state index is 2.42. The molecule has 3 aromatic heterocycles. The van der Waals surface area contributed by atoms with Gasteiger partial charge in [-0.1, -0.05) is 42.5 Å². The lowest BCUT2D eigenvalue weighted by molar-refractivity contribution is 1.09. The van der Waals surface area contributed by atoms with Gasteiger partial charge in [-0.2, -0.15) is 0 Å². The minimum absolute atomic E-state index is 1.02. The SMILES string of the molecule is c1csc(-c2ccc(-c3cccs3)n2-c2ccc3c(c2)Cc2ccccc2-3)c1. The molecule has 0 atom stereocenters. The fourth-order valence-electron chi connectivity index (χ4n) is 4.22. The van der Waals surface area contributed by atoms with Crippen LogP contribution in [0, 0.1) is 0 Å². The van der Waals surface area contributed by atoms with Crippen LogP contribution in [-0.2, 0) is 6.42 Å². The van der Waals surface area contributed by atoms with E-state index in [9.17, 15) is 0 Å². The molecule has 5 aromatic rings. The molecule has 6 rings (SSSR count). The third-order valence-electron chi connectivity index (χ3n) is 5.46. The summed E-state index contributed by atoms with van der Waals surface area (Å²) in [5.74, 6) is 0. The van der Waals surface area contributed by atoms with Crippen molar-refractivity contribution >= 4 is 22.7 Å². The minimum Gasteiger partial charge on any atom is -0.308 e. The molecule has 2 aromatic carbocycles. The van der Waals surface area contributed by atoms with Crippen molar-refractivity contribution in [3.8, 4) is 38.0 Å². The average molecular weight is 396 g/mol. The van der Waals surface area contributed by atoms with Crippen molar-refractivity contribution in [3.05, 3.63) is 101 Å². The van der Waals surface area contributed by atoms with Gasteiger partial charge in [0.25, 0.3) is 0 Å². The van der Waals surface area contributed by atoms with Gasteiger partial charge in [0.15, 0.2) is 0 Å². The highest BCUT2D eigenvalue weighted by Gasteiger charge is 2.20. The number of hydrogen-bond acceptors (Lipinski definition) is 2. The third kappa shape index (κ3) is 2.44. The number of fused-ring (bicyclic) bond motifs is 3. The molecule has 3 heteroatoms. The molecule has 3 heterocycles. The lowest BCUT2D eigenvalue weighted by atomic mass is 10.1. The summed E-state index contributed by atoms with van der Waals surface area (Å²) in [6.07, 6.45) is 1.02. The zero-order chi connectivity index (χ0) is 18.5. The van der Waals surface area contributed by atoms with Gasteiger partial charge in [-0.3, -0.25) is 0 Å². The van der Waals surface area contributed by atoms with Crippen LogP contribution in [0.25, 0.3) is 38.0 Å². The Labute approximate surface area is 172 Å². The predicted octanol–water partition coefficient (Wildman–Crippen LogP) is 7.51. The quantitative estimate of drug-likeness (QED) is 0.292. The monoisotopic (exact) mass is 395 g/mol. The van der Waals surface area contributed by atoms with Gasteiger partial charge < -0.3 is 4.57 Å². The molecule has 1 aliphatic carbocycles. The van der Waals surface area contributed by atoms with Gasteiger partial charge in [0.1, 0.15) is 0 Å². The summed E-state index contributed by atoms with van der Waals surface area (Å²) in [7, 11) is 0. The zero-order valence-electron chi connectivity index (χ0n) is 15.1. The van der Waals surface area contributed by atoms with E-state index in [4.69, 9.17) is 0 Å². The lowest BCUT2D eigenvalue weighted by Crippen LogP contribution is -1.99. The van der Waals surface area contributed by atoms with Crippen LogP contribution in [0.2, 0.25) is 0 Å². The van der Waals surface area contributed by atoms with E-state index in [1.807, 2.05) is 0 Å². The Morgan fingerprint density at radius 1 is 0.607 bits per heavy atom. The first-order valence-corrected chi connectivity index (χ1v) is 11.2. The van der Waals surface area contributed by atoms with E-state index in [-0.39, 0.29) is 0 Å². The Morgan fingerprint density at radius 2 is 1.29 bits per heavy atom. The van der Waals surface area contributed by atoms with Gasteiger partial charge in [-0.05, 0) is 75.8 Å². The first-order valence-electron chi connectivity index (χ1n) is 9.39. The summed E-state index contributed by atoms with van der Waals surface area (Å²) in [6.45, 7) is 0. The van der Waals surface area contributed by atoms with Crippen LogP contribution in [0.1, 0.15) is 11.1 Å². The number of hydrogen-bond donors (Lipinski definition) is 0. The second kappa shape index (κ2) is 6.33. The van der Waals surface area contributed by atoms with Crippen LogP contribution in [0.5, 0.6) is 0 Å². The van der Waals surface area contributed by atoms with Crippen LogP contribution in [0.3, 0.4) is 0 Å². The van der Waals surface area contributed by atoms with E-state index < -0.39 is 0 Å². The van der Waals surface area contributed by atoms with E-state index in [0.717, 1.165) is 6.42 Å². The molecule has 0 N–H and O–H groups in total. The molecule has 0 aliphatic heterocycles. The van der Waals surface area contributed by atoms with Crippen LogP contribution in [-0.4, -0.2) is 4.57 Å². The topological polar surface area (TPSA) is 4.93 Å². The summed E-state index contributed by atoms with van der Waals surface area (Å²) in [5, 5.41) is 4.30. The Morgan fingerprint density at radius 3 is 1.96 bits per heavy atom. The maximum Gasteiger partial charge on any atom is 0.0635 e. The molecule has 0 spiro atoms. The first-order chi connectivity index (χ1) is 13.9. The summed E-state index contributed by atoms with van der Waals surface area (Å²) >= 11 is 3.59. The summed E-state index contributed by atoms with van der Waals surface area (Å²) in [5.41, 5.74) is 9.36. The molecule has 0 amide bonds. The summed E-state index contributed by atoms with van der Waals surface area (Å²) < 4.78 is 2.42. The highest BCUT2D eigenvalue weighted by Crippen LogP contribution is 2.40. The van der Waals surface area contributed by atoms with Crippen molar-refractivity contribution < 1.29 is 0 Å². The lowest BCUT2D eigenvalue weighted by Gasteiger charge is -2.14. The molecular weight excluding hydrogens is 378 g/mol. The molecular formula is C25H17NS2. The molecule has 0 saturated heterocycles. The number of nitrogens with zero attached hydrogens (tertiary/aromatic N) is 1. The molecule has 1 nitrogen and oxygen atoms in total. The molecule has 28 heavy (non-hydrogen) atoms. The molecule has 0 bridgehead atoms. The van der Waals surface area contributed by atoms with E-state index in [1.165, 1.54) is 49.1 Å². The molecule has 0 radical (unpaired) electrons. The largest absolute Gasteiger partial charge is 0.308 e. The van der Waals surface area contributed by atoms with Gasteiger partial charge in [0.05, 0.1) is 21.1 Å². The number of rotatable bonds is 3. The maximum atomic E-state index is 2.42. The first kappa shape index (κ1) is 16.1. The number of aromatic nitrogens is 1. The van der Waals surface area contributed by atoms with E-state index >= 15 is 0 Å². The van der Waals surface area contributed by atoms with Crippen molar-refractivity contribution in [1.29, 1.82) is 0 Å². The van der Waals surface area contributed by atoms with E-state index in [0.29, 0.717) is 0 Å². The Hall–Kier alpha value is -2.88. The minimum atomic E-state index is 1.02. The normalized spacial score (nSPS) is 12.1. The summed E-state index contributed by atoms with van der Waals surface area (Å²) in [4.78, 5) is 2.60. The standard InChI is InChI=1S/C25H17NS2/c1-2-6-20-17(5-1)15-18-16-19(9-10-21(18)20)26-22(24-7-3-13-27-24)11-12-23(26)25-8-4-14-28-25/h1-14,16H,15H2. The highest BCUT2D eigenvalue weighted by molar-refractivity contribution is 7.14. The second-order valence-electron chi connectivity index (χ2n) is 7.07. The van der Waals surface area contributed by atoms with Crippen molar-refractivity contribution in [2.45, 2.75) is 6.42 Å². The third-order valence-corrected chi connectivity index (χ3v) is 7.25. The van der Waals surface area contributed by atoms with Crippen molar-refractivity contribution in [3.63, 3.8) is 0 Å². The van der Waals surface area contributed by atoms with Crippen molar-refractivity contribution in [1.82, 2.24) is 4.57 Å². The fraction of sp³-hybridized carbons (Fsp3) is 0.0400. The van der Waals surface area contributed by atoms with Gasteiger partial charge in [0.2, 0.25) is 0 Å². The van der Waals surface area contributed by atoms with Crippen molar-refractivity contribution in [2.75, 3.05) is 0 Å². The Kier molecular flexibility index (Phi) is 3.64. The Balaban J connectivity index is 1.55. The van der Waals surface area contributed by atoms with Crippen LogP contribution >= 0.6 is 22.7 Å². The predicted molar refractivity (Wildman–Crippen MR) is 121 cm³/mol. The summed E-state index contributed by atoms with van der Waals surface area (Å²) in [6, 6.07) is 28.9. The number of thiophene rings is 2. The fourth-order valence-corrected chi connectivity index (χ4v) is 5.70. The van der Waals surface area contributed by atoms with Gasteiger partial charge in [-0.15, -0.1) is 22.7 Å². The van der Waals surface area contributed by atoms with E-state index in [1.54, 1.807) is 22.7 Å². The van der Waals surface area contributed by atoms with Gasteiger partial charge in [0, 0.05) is 5.69 Å². The molecule has 0 fully saturated rings. The molecule has 134 valence electrons. The Bertz CT molecular complexity index is 1220. The van der Waals surface area contributed by atoms with Crippen molar-refractivity contribution in [2.24, 2.45) is 0 Å². The van der Waals surface area contributed by atoms with Crippen LogP contribution in [0.4, 0.5) is 0 Å².